The van der Waals surface area contributed by atoms with E-state index >= 15 is 0 Å². The molecule has 23 heavy (non-hydrogen) atoms. The number of benzene rings is 2. The first-order valence-corrected chi connectivity index (χ1v) is 6.99. The zero-order chi connectivity index (χ0) is 16.2. The number of para-hydroxylation sites is 1. The van der Waals surface area contributed by atoms with Crippen LogP contribution >= 0.6 is 0 Å². The average Bonchev–Trinajstić information content (AvgIpc) is 3.03. The minimum absolute atomic E-state index is 0.136. The highest BCUT2D eigenvalue weighted by molar-refractivity contribution is 6.01. The molecule has 0 unspecified atom stereocenters. The van der Waals surface area contributed by atoms with Crippen molar-refractivity contribution in [2.75, 3.05) is 7.11 Å². The van der Waals surface area contributed by atoms with Gasteiger partial charge in [0.15, 0.2) is 0 Å². The minimum atomic E-state index is 0.136. The van der Waals surface area contributed by atoms with Gasteiger partial charge in [-0.3, -0.25) is 0 Å². The lowest BCUT2D eigenvalue weighted by molar-refractivity contribution is 0.415. The van der Waals surface area contributed by atoms with Crippen molar-refractivity contribution in [1.29, 1.82) is 0 Å². The molecule has 1 aromatic heterocycles. The van der Waals surface area contributed by atoms with E-state index in [4.69, 9.17) is 9.15 Å². The Balaban J connectivity index is 1.86. The highest BCUT2D eigenvalue weighted by Gasteiger charge is 2.10. The van der Waals surface area contributed by atoms with E-state index in [0.29, 0.717) is 17.2 Å². The molecular formula is C17H15N3O3. The number of methoxy groups -OCH3 is 1. The normalized spacial score (nSPS) is 11.5. The highest BCUT2D eigenvalue weighted by Crippen LogP contribution is 2.25. The Kier molecular flexibility index (Phi) is 4.05. The van der Waals surface area contributed by atoms with Crippen LogP contribution in [0.1, 0.15) is 12.5 Å². The Hall–Kier alpha value is -3.15. The van der Waals surface area contributed by atoms with E-state index in [1.165, 1.54) is 0 Å². The van der Waals surface area contributed by atoms with E-state index in [1.807, 2.05) is 30.3 Å². The molecule has 0 aliphatic carbocycles. The minimum Gasteiger partial charge on any atom is -0.507 e. The van der Waals surface area contributed by atoms with Gasteiger partial charge in [-0.2, -0.15) is 4.99 Å². The Morgan fingerprint density at radius 1 is 1.09 bits per heavy atom. The summed E-state index contributed by atoms with van der Waals surface area (Å²) in [6.07, 6.45) is 0. The highest BCUT2D eigenvalue weighted by atomic mass is 16.5. The number of nitrogens with zero attached hydrogens (tertiary/aromatic N) is 3. The maximum atomic E-state index is 9.83. The summed E-state index contributed by atoms with van der Waals surface area (Å²) in [4.78, 5) is 4.26. The van der Waals surface area contributed by atoms with E-state index in [-0.39, 0.29) is 11.8 Å². The van der Waals surface area contributed by atoms with E-state index < -0.39 is 0 Å². The number of phenolic OH excluding ortho intramolecular Hbond substituents is 1. The smallest absolute Gasteiger partial charge is 0.342 e. The molecule has 0 radical (unpaired) electrons. The summed E-state index contributed by atoms with van der Waals surface area (Å²) in [7, 11) is 1.61. The molecule has 0 saturated heterocycles. The van der Waals surface area contributed by atoms with E-state index in [9.17, 15) is 5.11 Å². The summed E-state index contributed by atoms with van der Waals surface area (Å²) in [5.74, 6) is 1.28. The van der Waals surface area contributed by atoms with Crippen LogP contribution in [-0.4, -0.2) is 28.1 Å². The lowest BCUT2D eigenvalue weighted by Crippen LogP contribution is -1.94. The van der Waals surface area contributed by atoms with Crippen LogP contribution in [-0.2, 0) is 0 Å². The van der Waals surface area contributed by atoms with Gasteiger partial charge in [-0.25, -0.2) is 0 Å². The first kappa shape index (κ1) is 14.8. The molecule has 0 saturated carbocycles. The molecule has 1 N–H and O–H groups in total. The fourth-order valence-electron chi connectivity index (χ4n) is 2.09. The molecule has 6 nitrogen and oxygen atoms in total. The van der Waals surface area contributed by atoms with Gasteiger partial charge in [-0.05, 0) is 43.3 Å². The maximum absolute atomic E-state index is 9.83. The third-order valence-corrected chi connectivity index (χ3v) is 3.31. The van der Waals surface area contributed by atoms with Crippen molar-refractivity contribution in [3.05, 3.63) is 54.1 Å². The third kappa shape index (κ3) is 3.21. The molecule has 2 aromatic carbocycles. The van der Waals surface area contributed by atoms with Crippen LogP contribution in [0, 0.1) is 0 Å². The topological polar surface area (TPSA) is 80.7 Å². The first-order chi connectivity index (χ1) is 11.2. The van der Waals surface area contributed by atoms with Crippen LogP contribution in [0.2, 0.25) is 0 Å². The van der Waals surface area contributed by atoms with Gasteiger partial charge in [0.1, 0.15) is 11.5 Å². The van der Waals surface area contributed by atoms with E-state index in [0.717, 1.165) is 11.3 Å². The molecule has 0 aliphatic rings. The van der Waals surface area contributed by atoms with Gasteiger partial charge in [0.25, 0.3) is 0 Å². The number of rotatable bonds is 4. The Morgan fingerprint density at radius 3 is 2.52 bits per heavy atom. The summed E-state index contributed by atoms with van der Waals surface area (Å²) in [6.45, 7) is 1.77. The lowest BCUT2D eigenvalue weighted by atomic mass is 10.1. The molecule has 6 heteroatoms. The van der Waals surface area contributed by atoms with Crippen LogP contribution in [0.25, 0.3) is 11.5 Å². The lowest BCUT2D eigenvalue weighted by Gasteiger charge is -2.01. The number of hydrogen-bond acceptors (Lipinski definition) is 6. The van der Waals surface area contributed by atoms with Crippen LogP contribution < -0.4 is 4.74 Å². The fourth-order valence-corrected chi connectivity index (χ4v) is 2.09. The summed E-state index contributed by atoms with van der Waals surface area (Å²) >= 11 is 0. The summed E-state index contributed by atoms with van der Waals surface area (Å²) < 4.78 is 10.7. The molecular weight excluding hydrogens is 294 g/mol. The summed E-state index contributed by atoms with van der Waals surface area (Å²) in [5, 5.41) is 17.7. The number of ether oxygens (including phenoxy) is 1. The van der Waals surface area contributed by atoms with Crippen molar-refractivity contribution >= 4 is 11.7 Å². The Labute approximate surface area is 133 Å². The maximum Gasteiger partial charge on any atom is 0.342 e. The largest absolute Gasteiger partial charge is 0.507 e. The number of aromatic nitrogens is 2. The number of phenols is 1. The van der Waals surface area contributed by atoms with Crippen LogP contribution in [0.15, 0.2) is 57.9 Å². The number of aliphatic imine (C=N–C) groups is 1. The van der Waals surface area contributed by atoms with E-state index in [1.54, 1.807) is 32.2 Å². The molecule has 0 spiro atoms. The van der Waals surface area contributed by atoms with Crippen molar-refractivity contribution < 1.29 is 14.3 Å². The van der Waals surface area contributed by atoms with Crippen molar-refractivity contribution in [3.63, 3.8) is 0 Å². The summed E-state index contributed by atoms with van der Waals surface area (Å²) in [5.41, 5.74) is 1.99. The quantitative estimate of drug-likeness (QED) is 0.745. The first-order valence-electron chi connectivity index (χ1n) is 6.99. The number of aromatic hydroxyl groups is 1. The second kappa shape index (κ2) is 6.31. The van der Waals surface area contributed by atoms with Crippen molar-refractivity contribution in [3.8, 4) is 23.0 Å². The molecule has 0 fully saturated rings. The molecule has 0 bridgehead atoms. The third-order valence-electron chi connectivity index (χ3n) is 3.31. The predicted octanol–water partition coefficient (Wildman–Crippen LogP) is 3.59. The SMILES string of the molecule is COc1ccc(-c2nnc(/N=C(\C)c3ccccc3O)o2)cc1. The molecule has 1 heterocycles. The van der Waals surface area contributed by atoms with E-state index in [2.05, 4.69) is 15.2 Å². The molecule has 3 rings (SSSR count). The predicted molar refractivity (Wildman–Crippen MR) is 86.3 cm³/mol. The van der Waals surface area contributed by atoms with Crippen molar-refractivity contribution in [2.24, 2.45) is 4.99 Å². The fraction of sp³-hybridized carbons (Fsp3) is 0.118. The molecule has 0 amide bonds. The van der Waals surface area contributed by atoms with Crippen molar-refractivity contribution in [1.82, 2.24) is 10.2 Å². The molecule has 0 atom stereocenters. The molecule has 116 valence electrons. The van der Waals surface area contributed by atoms with Crippen LogP contribution in [0.4, 0.5) is 6.01 Å². The Morgan fingerprint density at radius 2 is 1.83 bits per heavy atom. The van der Waals surface area contributed by atoms with Crippen LogP contribution in [0.3, 0.4) is 0 Å². The molecule has 3 aromatic rings. The van der Waals surface area contributed by atoms with Crippen LogP contribution in [0.5, 0.6) is 11.5 Å². The van der Waals surface area contributed by atoms with Gasteiger partial charge >= 0.3 is 6.01 Å². The van der Waals surface area contributed by atoms with Gasteiger partial charge in [-0.15, -0.1) is 5.10 Å². The van der Waals surface area contributed by atoms with Gasteiger partial charge in [0, 0.05) is 11.1 Å². The van der Waals surface area contributed by atoms with Gasteiger partial charge < -0.3 is 14.3 Å². The van der Waals surface area contributed by atoms with Gasteiger partial charge in [0.2, 0.25) is 5.89 Å². The number of hydrogen-bond donors (Lipinski definition) is 1. The Bertz CT molecular complexity index is 838. The molecule has 0 aliphatic heterocycles. The van der Waals surface area contributed by atoms with Gasteiger partial charge in [0.05, 0.1) is 12.8 Å². The van der Waals surface area contributed by atoms with Gasteiger partial charge in [-0.1, -0.05) is 17.2 Å². The standard InChI is InChI=1S/C17H15N3O3/c1-11(14-5-3-4-6-15(14)21)18-17-20-19-16(23-17)12-7-9-13(22-2)10-8-12/h3-10,21H,1-2H3/b18-11+. The monoisotopic (exact) mass is 309 g/mol. The second-order valence-electron chi connectivity index (χ2n) is 4.83. The average molecular weight is 309 g/mol. The second-order valence-corrected chi connectivity index (χ2v) is 4.83. The zero-order valence-electron chi connectivity index (χ0n) is 12.7. The summed E-state index contributed by atoms with van der Waals surface area (Å²) in [6, 6.07) is 14.4. The van der Waals surface area contributed by atoms with Crippen molar-refractivity contribution in [2.45, 2.75) is 6.92 Å². The zero-order valence-corrected chi connectivity index (χ0v) is 12.7.